The average molecular weight is 414 g/mol. The monoisotopic (exact) mass is 414 g/mol. The summed E-state index contributed by atoms with van der Waals surface area (Å²) in [5, 5.41) is 0. The van der Waals surface area contributed by atoms with E-state index in [4.69, 9.17) is 0 Å². The molecule has 72 valence electrons. The van der Waals surface area contributed by atoms with E-state index in [9.17, 15) is 13.2 Å². The van der Waals surface area contributed by atoms with E-state index in [0.717, 1.165) is 0 Å². The van der Waals surface area contributed by atoms with Crippen molar-refractivity contribution in [2.45, 2.75) is 6.36 Å². The van der Waals surface area contributed by atoms with Gasteiger partial charge in [-0.3, -0.25) is 0 Å². The van der Waals surface area contributed by atoms with Gasteiger partial charge in [-0.25, -0.2) is 0 Å². The first-order valence-corrected chi connectivity index (χ1v) is 5.24. The molecule has 0 aliphatic carbocycles. The maximum absolute atomic E-state index is 11.8. The molecule has 0 spiro atoms. The van der Waals surface area contributed by atoms with Gasteiger partial charge in [0.15, 0.2) is 0 Å². The number of halogens is 5. The highest BCUT2D eigenvalue weighted by Crippen LogP contribution is 2.26. The van der Waals surface area contributed by atoms with E-state index in [1.54, 1.807) is 6.07 Å². The van der Waals surface area contributed by atoms with Crippen molar-refractivity contribution in [3.05, 3.63) is 25.3 Å². The van der Waals surface area contributed by atoms with Gasteiger partial charge in [-0.05, 0) is 63.4 Å². The Balaban J connectivity index is 2.90. The van der Waals surface area contributed by atoms with Crippen molar-refractivity contribution >= 4 is 45.2 Å². The van der Waals surface area contributed by atoms with Crippen molar-refractivity contribution in [1.82, 2.24) is 0 Å². The Morgan fingerprint density at radius 2 is 1.46 bits per heavy atom. The fourth-order valence-corrected chi connectivity index (χ4v) is 2.60. The molecule has 0 saturated heterocycles. The molecule has 0 aliphatic rings. The Morgan fingerprint density at radius 1 is 1.00 bits per heavy atom. The van der Waals surface area contributed by atoms with Crippen molar-refractivity contribution in [3.8, 4) is 5.75 Å². The minimum atomic E-state index is -4.62. The summed E-state index contributed by atoms with van der Waals surface area (Å²) in [5.74, 6) is -0.177. The molecular formula is C7H3F3I2O. The summed E-state index contributed by atoms with van der Waals surface area (Å²) in [6.45, 7) is 0. The van der Waals surface area contributed by atoms with Crippen LogP contribution < -0.4 is 4.74 Å². The van der Waals surface area contributed by atoms with Crippen LogP contribution in [0.4, 0.5) is 13.2 Å². The molecule has 0 aliphatic heterocycles. The first-order valence-electron chi connectivity index (χ1n) is 3.09. The normalized spacial score (nSPS) is 11.5. The zero-order valence-corrected chi connectivity index (χ0v) is 10.3. The molecule has 0 amide bonds. The van der Waals surface area contributed by atoms with Crippen LogP contribution in [0.25, 0.3) is 0 Å². The van der Waals surface area contributed by atoms with Crippen LogP contribution in [0, 0.1) is 7.14 Å². The summed E-state index contributed by atoms with van der Waals surface area (Å²) in [6, 6.07) is 4.41. The third-order valence-corrected chi connectivity index (χ3v) is 2.32. The number of rotatable bonds is 1. The lowest BCUT2D eigenvalue weighted by Gasteiger charge is -2.09. The smallest absolute Gasteiger partial charge is 0.406 e. The molecule has 0 unspecified atom stereocenters. The van der Waals surface area contributed by atoms with Crippen LogP contribution in [-0.2, 0) is 0 Å². The molecule has 0 aromatic heterocycles. The second kappa shape index (κ2) is 4.20. The molecular weight excluding hydrogens is 411 g/mol. The lowest BCUT2D eigenvalue weighted by atomic mass is 10.3. The number of hydrogen-bond donors (Lipinski definition) is 0. The second-order valence-corrected chi connectivity index (χ2v) is 4.64. The van der Waals surface area contributed by atoms with Gasteiger partial charge in [-0.1, -0.05) is 0 Å². The Morgan fingerprint density at radius 3 is 1.85 bits per heavy atom. The van der Waals surface area contributed by atoms with Crippen LogP contribution >= 0.6 is 45.2 Å². The first-order chi connectivity index (χ1) is 5.87. The first kappa shape index (κ1) is 11.3. The quantitative estimate of drug-likeness (QED) is 0.636. The molecule has 0 saturated carbocycles. The van der Waals surface area contributed by atoms with Gasteiger partial charge in [0.2, 0.25) is 0 Å². The maximum Gasteiger partial charge on any atom is 0.573 e. The molecule has 6 heteroatoms. The van der Waals surface area contributed by atoms with E-state index in [1.807, 2.05) is 45.2 Å². The van der Waals surface area contributed by atoms with Crippen molar-refractivity contribution in [2.24, 2.45) is 0 Å². The lowest BCUT2D eigenvalue weighted by Crippen LogP contribution is -2.17. The summed E-state index contributed by atoms with van der Waals surface area (Å²) in [7, 11) is 0. The van der Waals surface area contributed by atoms with Crippen LogP contribution in [-0.4, -0.2) is 6.36 Å². The highest BCUT2D eigenvalue weighted by atomic mass is 127. The fraction of sp³-hybridized carbons (Fsp3) is 0.143. The van der Waals surface area contributed by atoms with E-state index in [2.05, 4.69) is 4.74 Å². The lowest BCUT2D eigenvalue weighted by molar-refractivity contribution is -0.274. The second-order valence-electron chi connectivity index (χ2n) is 2.15. The predicted molar refractivity (Wildman–Crippen MR) is 58.6 cm³/mol. The van der Waals surface area contributed by atoms with E-state index >= 15 is 0 Å². The van der Waals surface area contributed by atoms with Crippen LogP contribution in [0.5, 0.6) is 5.75 Å². The molecule has 1 rings (SSSR count). The minimum absolute atomic E-state index is 0.177. The van der Waals surface area contributed by atoms with Gasteiger partial charge in [0.25, 0.3) is 0 Å². The van der Waals surface area contributed by atoms with Crippen LogP contribution in [0.15, 0.2) is 18.2 Å². The maximum atomic E-state index is 11.8. The number of alkyl halides is 3. The predicted octanol–water partition coefficient (Wildman–Crippen LogP) is 3.79. The molecule has 1 aromatic rings. The molecule has 1 aromatic carbocycles. The van der Waals surface area contributed by atoms with Crippen molar-refractivity contribution in [2.75, 3.05) is 0 Å². The van der Waals surface area contributed by atoms with Gasteiger partial charge in [-0.2, -0.15) is 0 Å². The zero-order valence-electron chi connectivity index (χ0n) is 6.03. The van der Waals surface area contributed by atoms with E-state index in [-0.39, 0.29) is 5.75 Å². The van der Waals surface area contributed by atoms with Crippen molar-refractivity contribution < 1.29 is 17.9 Å². The number of benzene rings is 1. The molecule has 0 fully saturated rings. The summed E-state index contributed by atoms with van der Waals surface area (Å²) in [4.78, 5) is 0. The zero-order chi connectivity index (χ0) is 10.1. The van der Waals surface area contributed by atoms with Crippen LogP contribution in [0.1, 0.15) is 0 Å². The molecule has 0 N–H and O–H groups in total. The van der Waals surface area contributed by atoms with Gasteiger partial charge in [0.05, 0.1) is 0 Å². The molecule has 0 heterocycles. The third kappa shape index (κ3) is 4.34. The highest BCUT2D eigenvalue weighted by molar-refractivity contribution is 14.1. The van der Waals surface area contributed by atoms with Gasteiger partial charge in [0.1, 0.15) is 5.75 Å². The van der Waals surface area contributed by atoms with Crippen LogP contribution in [0.2, 0.25) is 0 Å². The molecule has 13 heavy (non-hydrogen) atoms. The number of ether oxygens (including phenoxy) is 1. The Bertz CT molecular complexity index is 291. The van der Waals surface area contributed by atoms with Gasteiger partial charge in [0, 0.05) is 7.14 Å². The van der Waals surface area contributed by atoms with E-state index in [0.29, 0.717) is 7.14 Å². The largest absolute Gasteiger partial charge is 0.573 e. The van der Waals surface area contributed by atoms with Crippen molar-refractivity contribution in [1.29, 1.82) is 0 Å². The van der Waals surface area contributed by atoms with Gasteiger partial charge >= 0.3 is 6.36 Å². The van der Waals surface area contributed by atoms with Gasteiger partial charge in [-0.15, -0.1) is 13.2 Å². The Kier molecular flexibility index (Phi) is 3.66. The summed E-state index contributed by atoms with van der Waals surface area (Å²) < 4.78 is 40.5. The topological polar surface area (TPSA) is 9.23 Å². The van der Waals surface area contributed by atoms with Gasteiger partial charge < -0.3 is 4.74 Å². The summed E-state index contributed by atoms with van der Waals surface area (Å²) >= 11 is 3.86. The molecule has 1 nitrogen and oxygen atoms in total. The Hall–Kier alpha value is 0.270. The minimum Gasteiger partial charge on any atom is -0.406 e. The molecule has 0 radical (unpaired) electrons. The molecule has 0 bridgehead atoms. The van der Waals surface area contributed by atoms with Crippen molar-refractivity contribution in [3.63, 3.8) is 0 Å². The highest BCUT2D eigenvalue weighted by Gasteiger charge is 2.31. The summed E-state index contributed by atoms with van der Waals surface area (Å²) in [5.41, 5.74) is 0. The number of hydrogen-bond acceptors (Lipinski definition) is 1. The van der Waals surface area contributed by atoms with E-state index < -0.39 is 6.36 Å². The average Bonchev–Trinajstić information content (AvgIpc) is 1.78. The Labute approximate surface area is 99.9 Å². The van der Waals surface area contributed by atoms with Crippen LogP contribution in [0.3, 0.4) is 0 Å². The SMILES string of the molecule is FC(F)(F)Oc1cc(I)cc(I)c1. The van der Waals surface area contributed by atoms with E-state index in [1.165, 1.54) is 12.1 Å². The fourth-order valence-electron chi connectivity index (χ4n) is 0.721. The third-order valence-electron chi connectivity index (χ3n) is 1.07. The summed E-state index contributed by atoms with van der Waals surface area (Å²) in [6.07, 6.45) is -4.62. The standard InChI is InChI=1S/C7H3F3I2O/c8-7(9,10)13-6-2-4(11)1-5(12)3-6/h1-3H. The molecule has 0 atom stereocenters.